The van der Waals surface area contributed by atoms with Gasteiger partial charge in [0.15, 0.2) is 11.6 Å². The Labute approximate surface area is 129 Å². The quantitative estimate of drug-likeness (QED) is 0.479. The van der Waals surface area contributed by atoms with E-state index in [0.29, 0.717) is 0 Å². The van der Waals surface area contributed by atoms with Crippen molar-refractivity contribution in [2.24, 2.45) is 0 Å². The fraction of sp³-hybridized carbons (Fsp3) is 0.188. The van der Waals surface area contributed by atoms with E-state index < -0.39 is 35.2 Å². The molecule has 2 aromatic rings. The van der Waals surface area contributed by atoms with Crippen LogP contribution in [0, 0.1) is 30.2 Å². The molecule has 0 aliphatic rings. The fourth-order valence-corrected chi connectivity index (χ4v) is 1.97. The van der Waals surface area contributed by atoms with Crippen LogP contribution in [0.15, 0.2) is 24.3 Å². The summed E-state index contributed by atoms with van der Waals surface area (Å²) in [5.41, 5.74) is 0.207. The molecule has 0 amide bonds. The Hall–Kier alpha value is -2.57. The smallest absolute Gasteiger partial charge is 0.437 e. The predicted molar refractivity (Wildman–Crippen MR) is 73.3 cm³/mol. The van der Waals surface area contributed by atoms with Crippen LogP contribution in [-0.4, -0.2) is 13.3 Å². The molecule has 0 heterocycles. The topological polar surface area (TPSA) is 35.5 Å². The lowest BCUT2D eigenvalue weighted by Crippen LogP contribution is -2.10. The van der Waals surface area contributed by atoms with Crippen LogP contribution in [0.3, 0.4) is 0 Å². The zero-order chi connectivity index (χ0) is 17.1. The lowest BCUT2D eigenvalue weighted by Gasteiger charge is -2.09. The van der Waals surface area contributed by atoms with Crippen molar-refractivity contribution in [1.29, 1.82) is 0 Å². The number of rotatable bonds is 3. The van der Waals surface area contributed by atoms with Gasteiger partial charge in [0.2, 0.25) is 5.75 Å². The number of carbonyl (C=O) groups excluding carboxylic acids is 1. The molecule has 0 aromatic heterocycles. The van der Waals surface area contributed by atoms with Crippen LogP contribution < -0.4 is 4.74 Å². The minimum absolute atomic E-state index is 0.0968. The summed E-state index contributed by atoms with van der Waals surface area (Å²) in [4.78, 5) is 10.9. The Morgan fingerprint density at radius 1 is 0.913 bits per heavy atom. The Morgan fingerprint density at radius 3 is 1.78 bits per heavy atom. The van der Waals surface area contributed by atoms with Gasteiger partial charge in [0.1, 0.15) is 11.6 Å². The normalized spacial score (nSPS) is 10.5. The fourth-order valence-electron chi connectivity index (χ4n) is 1.97. The third-order valence-corrected chi connectivity index (χ3v) is 3.16. The molecular formula is C16H12F4O3. The monoisotopic (exact) mass is 328 g/mol. The molecule has 0 saturated carbocycles. The third-order valence-electron chi connectivity index (χ3n) is 3.16. The second-order valence-electron chi connectivity index (χ2n) is 4.81. The number of methoxy groups -OCH3 is 1. The van der Waals surface area contributed by atoms with Gasteiger partial charge in [-0.05, 0) is 48.7 Å². The highest BCUT2D eigenvalue weighted by Crippen LogP contribution is 2.25. The maximum Gasteiger partial charge on any atom is 0.513 e. The molecule has 7 heteroatoms. The number of ether oxygens (including phenoxy) is 2. The Bertz CT molecular complexity index is 713. The Balaban J connectivity index is 2.30. The van der Waals surface area contributed by atoms with E-state index in [9.17, 15) is 22.4 Å². The van der Waals surface area contributed by atoms with E-state index in [1.54, 1.807) is 0 Å². The van der Waals surface area contributed by atoms with Gasteiger partial charge < -0.3 is 9.47 Å². The number of halogens is 4. The number of carbonyl (C=O) groups is 1. The van der Waals surface area contributed by atoms with Gasteiger partial charge in [-0.3, -0.25) is 0 Å². The largest absolute Gasteiger partial charge is 0.513 e. The Kier molecular flexibility index (Phi) is 4.88. The van der Waals surface area contributed by atoms with Crippen molar-refractivity contribution >= 4 is 6.16 Å². The minimum Gasteiger partial charge on any atom is -0.437 e. The van der Waals surface area contributed by atoms with E-state index in [4.69, 9.17) is 0 Å². The van der Waals surface area contributed by atoms with Crippen LogP contribution >= 0.6 is 0 Å². The summed E-state index contributed by atoms with van der Waals surface area (Å²) in [6.07, 6.45) is -1.36. The van der Waals surface area contributed by atoms with Gasteiger partial charge in [0.25, 0.3) is 0 Å². The highest BCUT2D eigenvalue weighted by molar-refractivity contribution is 5.63. The lowest BCUT2D eigenvalue weighted by molar-refractivity contribution is 0.117. The van der Waals surface area contributed by atoms with Crippen molar-refractivity contribution < 1.29 is 31.8 Å². The molecule has 23 heavy (non-hydrogen) atoms. The first-order chi connectivity index (χ1) is 10.8. The molecule has 2 rings (SSSR count). The first-order valence-corrected chi connectivity index (χ1v) is 6.50. The molecule has 0 saturated heterocycles. The zero-order valence-corrected chi connectivity index (χ0v) is 12.3. The van der Waals surface area contributed by atoms with E-state index in [-0.39, 0.29) is 23.1 Å². The van der Waals surface area contributed by atoms with Crippen molar-refractivity contribution in [3.63, 3.8) is 0 Å². The molecule has 0 atom stereocenters. The van der Waals surface area contributed by atoms with Crippen LogP contribution in [0.5, 0.6) is 5.75 Å². The molecule has 0 bridgehead atoms. The van der Waals surface area contributed by atoms with Gasteiger partial charge in [-0.2, -0.15) is 0 Å². The van der Waals surface area contributed by atoms with Crippen LogP contribution in [0.2, 0.25) is 0 Å². The molecule has 0 fully saturated rings. The van der Waals surface area contributed by atoms with E-state index in [0.717, 1.165) is 31.4 Å². The maximum absolute atomic E-state index is 13.8. The first-order valence-electron chi connectivity index (χ1n) is 6.50. The summed E-state index contributed by atoms with van der Waals surface area (Å²) >= 11 is 0. The summed E-state index contributed by atoms with van der Waals surface area (Å²) in [7, 11) is 0.993. The van der Waals surface area contributed by atoms with Crippen molar-refractivity contribution in [1.82, 2.24) is 0 Å². The van der Waals surface area contributed by atoms with E-state index in [2.05, 4.69) is 9.47 Å². The van der Waals surface area contributed by atoms with Crippen molar-refractivity contribution in [3.8, 4) is 5.75 Å². The highest BCUT2D eigenvalue weighted by Gasteiger charge is 2.17. The summed E-state index contributed by atoms with van der Waals surface area (Å²) in [5.74, 6) is -4.64. The van der Waals surface area contributed by atoms with Crippen LogP contribution in [0.1, 0.15) is 16.7 Å². The molecule has 0 aliphatic carbocycles. The van der Waals surface area contributed by atoms with E-state index in [1.165, 1.54) is 6.92 Å². The number of benzene rings is 2. The Morgan fingerprint density at radius 2 is 1.35 bits per heavy atom. The maximum atomic E-state index is 13.8. The second-order valence-corrected chi connectivity index (χ2v) is 4.81. The summed E-state index contributed by atoms with van der Waals surface area (Å²) in [5, 5.41) is 0. The molecule has 0 aliphatic heterocycles. The number of hydrogen-bond acceptors (Lipinski definition) is 3. The molecule has 3 nitrogen and oxygen atoms in total. The average Bonchev–Trinajstić information content (AvgIpc) is 2.48. The minimum atomic E-state index is -1.27. The molecule has 0 unspecified atom stereocenters. The third kappa shape index (κ3) is 3.80. The zero-order valence-electron chi connectivity index (χ0n) is 12.3. The molecule has 0 spiro atoms. The summed E-state index contributed by atoms with van der Waals surface area (Å²) in [6, 6.07) is 4.01. The van der Waals surface area contributed by atoms with Crippen molar-refractivity contribution in [2.45, 2.75) is 13.3 Å². The van der Waals surface area contributed by atoms with E-state index in [1.807, 2.05) is 0 Å². The van der Waals surface area contributed by atoms with Gasteiger partial charge in [0, 0.05) is 5.56 Å². The first kappa shape index (κ1) is 16.8. The number of hydrogen-bond donors (Lipinski definition) is 0. The lowest BCUT2D eigenvalue weighted by atomic mass is 10.0. The second kappa shape index (κ2) is 6.68. The summed E-state index contributed by atoms with van der Waals surface area (Å²) < 4.78 is 63.1. The molecular weight excluding hydrogens is 316 g/mol. The van der Waals surface area contributed by atoms with Gasteiger partial charge in [0.05, 0.1) is 7.11 Å². The highest BCUT2D eigenvalue weighted by atomic mass is 19.1. The SMILES string of the molecule is COC(=O)Oc1c(F)cc(Cc2cc(F)c(C)c(F)c2)cc1F. The van der Waals surface area contributed by atoms with Crippen molar-refractivity contribution in [3.05, 3.63) is 64.2 Å². The van der Waals surface area contributed by atoms with Crippen LogP contribution in [-0.2, 0) is 11.2 Å². The van der Waals surface area contributed by atoms with Gasteiger partial charge >= 0.3 is 6.16 Å². The average molecular weight is 328 g/mol. The van der Waals surface area contributed by atoms with Gasteiger partial charge in [-0.15, -0.1) is 0 Å². The molecule has 0 radical (unpaired) electrons. The molecule has 2 aromatic carbocycles. The molecule has 122 valence electrons. The predicted octanol–water partition coefficient (Wildman–Crippen LogP) is 4.29. The van der Waals surface area contributed by atoms with Crippen LogP contribution in [0.25, 0.3) is 0 Å². The standard InChI is InChI=1S/C16H12F4O3/c1-8-11(17)4-9(5-12(8)18)3-10-6-13(19)15(14(20)7-10)23-16(21)22-2/h4-7H,3H2,1-2H3. The van der Waals surface area contributed by atoms with Crippen molar-refractivity contribution in [2.75, 3.05) is 7.11 Å². The van der Waals surface area contributed by atoms with Gasteiger partial charge in [-0.1, -0.05) is 0 Å². The van der Waals surface area contributed by atoms with Crippen LogP contribution in [0.4, 0.5) is 22.4 Å². The molecule has 0 N–H and O–H groups in total. The van der Waals surface area contributed by atoms with Gasteiger partial charge in [-0.25, -0.2) is 22.4 Å². The summed E-state index contributed by atoms with van der Waals surface area (Å²) in [6.45, 7) is 1.28. The van der Waals surface area contributed by atoms with E-state index >= 15 is 0 Å².